The second-order valence-electron chi connectivity index (χ2n) is 6.59. The second kappa shape index (κ2) is 9.79. The van der Waals surface area contributed by atoms with Crippen molar-refractivity contribution in [2.45, 2.75) is 32.2 Å². The molecule has 0 bridgehead atoms. The molecule has 0 heterocycles. The first kappa shape index (κ1) is 19.7. The smallest absolute Gasteiger partial charge is 0.127 e. The van der Waals surface area contributed by atoms with Crippen molar-refractivity contribution in [3.05, 3.63) is 105 Å². The number of nitrogens with zero attached hydrogens (tertiary/aromatic N) is 1. The van der Waals surface area contributed by atoms with Crippen LogP contribution in [0.4, 0.5) is 4.39 Å². The summed E-state index contributed by atoms with van der Waals surface area (Å²) in [6.45, 7) is 2.15. The summed E-state index contributed by atoms with van der Waals surface area (Å²) >= 11 is 2.14. The van der Waals surface area contributed by atoms with Crippen LogP contribution in [0.3, 0.4) is 0 Å². The summed E-state index contributed by atoms with van der Waals surface area (Å²) in [5.74, 6) is -0.140. The minimum Gasteiger partial charge on any atom is -0.280 e. The van der Waals surface area contributed by atoms with E-state index in [2.05, 4.69) is 53.8 Å². The van der Waals surface area contributed by atoms with Crippen LogP contribution in [-0.2, 0) is 6.42 Å². The minimum atomic E-state index is -0.140. The van der Waals surface area contributed by atoms with Crippen LogP contribution >= 0.6 is 22.6 Å². The maximum Gasteiger partial charge on any atom is 0.127 e. The minimum absolute atomic E-state index is 0.0416. The summed E-state index contributed by atoms with van der Waals surface area (Å²) in [6, 6.07) is 26.0. The Morgan fingerprint density at radius 1 is 0.926 bits per heavy atom. The lowest BCUT2D eigenvalue weighted by Gasteiger charge is -2.16. The van der Waals surface area contributed by atoms with E-state index in [1.165, 1.54) is 0 Å². The predicted octanol–water partition coefficient (Wildman–Crippen LogP) is 6.68. The molecule has 1 atom stereocenters. The summed E-state index contributed by atoms with van der Waals surface area (Å²) in [5, 5.41) is 0. The van der Waals surface area contributed by atoms with Gasteiger partial charge in [0.15, 0.2) is 0 Å². The van der Waals surface area contributed by atoms with Crippen molar-refractivity contribution in [3.8, 4) is 0 Å². The Hall–Kier alpha value is -2.01. The van der Waals surface area contributed by atoms with Crippen molar-refractivity contribution in [1.82, 2.24) is 0 Å². The van der Waals surface area contributed by atoms with Crippen LogP contribution in [0.5, 0.6) is 0 Å². The average Bonchev–Trinajstić information content (AvgIpc) is 2.69. The Kier molecular flexibility index (Phi) is 7.16. The van der Waals surface area contributed by atoms with E-state index in [0.29, 0.717) is 6.42 Å². The SMILES string of the molecule is CCCC(Cc1ccc(I)cc1F)N=C(c1ccccc1)c1ccccc1. The van der Waals surface area contributed by atoms with Crippen LogP contribution < -0.4 is 0 Å². The highest BCUT2D eigenvalue weighted by atomic mass is 127. The van der Waals surface area contributed by atoms with E-state index in [-0.39, 0.29) is 11.9 Å². The zero-order valence-corrected chi connectivity index (χ0v) is 17.6. The molecule has 3 aromatic rings. The second-order valence-corrected chi connectivity index (χ2v) is 7.84. The number of aliphatic imine (C=N–C) groups is 1. The number of hydrogen-bond acceptors (Lipinski definition) is 1. The number of hydrogen-bond donors (Lipinski definition) is 0. The van der Waals surface area contributed by atoms with E-state index < -0.39 is 0 Å². The molecule has 1 nitrogen and oxygen atoms in total. The molecule has 3 heteroatoms. The van der Waals surface area contributed by atoms with Crippen molar-refractivity contribution in [1.29, 1.82) is 0 Å². The topological polar surface area (TPSA) is 12.4 Å². The fourth-order valence-corrected chi connectivity index (χ4v) is 3.63. The number of halogens is 2. The van der Waals surface area contributed by atoms with Gasteiger partial charge in [0.05, 0.1) is 11.8 Å². The van der Waals surface area contributed by atoms with Crippen molar-refractivity contribution in [3.63, 3.8) is 0 Å². The quantitative estimate of drug-likeness (QED) is 0.269. The van der Waals surface area contributed by atoms with Gasteiger partial charge in [-0.05, 0) is 53.1 Å². The molecule has 0 aromatic heterocycles. The molecule has 0 saturated heterocycles. The van der Waals surface area contributed by atoms with Crippen molar-refractivity contribution in [2.24, 2.45) is 4.99 Å². The maximum absolute atomic E-state index is 14.4. The van der Waals surface area contributed by atoms with Gasteiger partial charge in [0, 0.05) is 14.7 Å². The average molecular weight is 471 g/mol. The summed E-state index contributed by atoms with van der Waals surface area (Å²) < 4.78 is 15.3. The van der Waals surface area contributed by atoms with Gasteiger partial charge in [0.2, 0.25) is 0 Å². The molecule has 0 N–H and O–H groups in total. The van der Waals surface area contributed by atoms with Gasteiger partial charge < -0.3 is 0 Å². The van der Waals surface area contributed by atoms with Gasteiger partial charge in [-0.3, -0.25) is 4.99 Å². The van der Waals surface area contributed by atoms with Gasteiger partial charge in [-0.15, -0.1) is 0 Å². The lowest BCUT2D eigenvalue weighted by molar-refractivity contribution is 0.563. The third-order valence-electron chi connectivity index (χ3n) is 4.50. The van der Waals surface area contributed by atoms with E-state index in [4.69, 9.17) is 4.99 Å². The largest absolute Gasteiger partial charge is 0.280 e. The van der Waals surface area contributed by atoms with Gasteiger partial charge in [-0.2, -0.15) is 0 Å². The number of rotatable bonds is 7. The first-order chi connectivity index (χ1) is 13.2. The third kappa shape index (κ3) is 5.48. The first-order valence-electron chi connectivity index (χ1n) is 9.30. The lowest BCUT2D eigenvalue weighted by Crippen LogP contribution is -2.15. The van der Waals surface area contributed by atoms with Crippen molar-refractivity contribution < 1.29 is 4.39 Å². The summed E-state index contributed by atoms with van der Waals surface area (Å²) in [4.78, 5) is 5.11. The summed E-state index contributed by atoms with van der Waals surface area (Å²) in [6.07, 6.45) is 2.55. The molecule has 3 rings (SSSR count). The molecule has 0 aliphatic carbocycles. The number of benzene rings is 3. The predicted molar refractivity (Wildman–Crippen MR) is 120 cm³/mol. The first-order valence-corrected chi connectivity index (χ1v) is 10.4. The monoisotopic (exact) mass is 471 g/mol. The molecule has 0 aliphatic rings. The summed E-state index contributed by atoms with van der Waals surface area (Å²) in [5.41, 5.74) is 3.89. The molecule has 138 valence electrons. The summed E-state index contributed by atoms with van der Waals surface area (Å²) in [7, 11) is 0. The lowest BCUT2D eigenvalue weighted by atomic mass is 9.99. The molecule has 0 amide bonds. The molecule has 0 aliphatic heterocycles. The molecule has 3 aromatic carbocycles. The fourth-order valence-electron chi connectivity index (χ4n) is 3.18. The van der Waals surface area contributed by atoms with Gasteiger partial charge in [0.1, 0.15) is 5.82 Å². The van der Waals surface area contributed by atoms with E-state index in [1.54, 1.807) is 6.07 Å². The third-order valence-corrected chi connectivity index (χ3v) is 5.17. The normalized spacial score (nSPS) is 11.8. The van der Waals surface area contributed by atoms with Crippen molar-refractivity contribution >= 4 is 28.3 Å². The zero-order chi connectivity index (χ0) is 19.1. The Morgan fingerprint density at radius 2 is 1.52 bits per heavy atom. The molecule has 0 saturated carbocycles. The van der Waals surface area contributed by atoms with Crippen LogP contribution in [-0.4, -0.2) is 11.8 Å². The Bertz CT molecular complexity index is 849. The Balaban J connectivity index is 1.99. The molecule has 1 unspecified atom stereocenters. The Morgan fingerprint density at radius 3 is 2.04 bits per heavy atom. The van der Waals surface area contributed by atoms with E-state index >= 15 is 0 Å². The highest BCUT2D eigenvalue weighted by Crippen LogP contribution is 2.20. The van der Waals surface area contributed by atoms with Crippen LogP contribution in [0.2, 0.25) is 0 Å². The van der Waals surface area contributed by atoms with Crippen LogP contribution in [0, 0.1) is 9.39 Å². The van der Waals surface area contributed by atoms with E-state index in [1.807, 2.05) is 48.5 Å². The van der Waals surface area contributed by atoms with Gasteiger partial charge in [-0.25, -0.2) is 4.39 Å². The van der Waals surface area contributed by atoms with Crippen LogP contribution in [0.1, 0.15) is 36.5 Å². The molecule has 27 heavy (non-hydrogen) atoms. The standard InChI is InChI=1S/C24H23FIN/c1-2-9-22(16-20-14-15-21(26)17-23(20)25)27-24(18-10-5-3-6-11-18)19-12-7-4-8-13-19/h3-8,10-15,17,22H,2,9,16H2,1H3. The van der Waals surface area contributed by atoms with Crippen LogP contribution in [0.25, 0.3) is 0 Å². The van der Waals surface area contributed by atoms with Gasteiger partial charge in [-0.1, -0.05) is 80.1 Å². The van der Waals surface area contributed by atoms with E-state index in [0.717, 1.165) is 38.8 Å². The van der Waals surface area contributed by atoms with E-state index in [9.17, 15) is 4.39 Å². The molecular weight excluding hydrogens is 448 g/mol. The van der Waals surface area contributed by atoms with Crippen molar-refractivity contribution in [2.75, 3.05) is 0 Å². The molecule has 0 radical (unpaired) electrons. The molecular formula is C24H23FIN. The molecule has 0 spiro atoms. The zero-order valence-electron chi connectivity index (χ0n) is 15.4. The van der Waals surface area contributed by atoms with Gasteiger partial charge in [0.25, 0.3) is 0 Å². The Labute approximate surface area is 174 Å². The molecule has 0 fully saturated rings. The van der Waals surface area contributed by atoms with Gasteiger partial charge >= 0.3 is 0 Å². The van der Waals surface area contributed by atoms with Crippen LogP contribution in [0.15, 0.2) is 83.9 Å². The highest BCUT2D eigenvalue weighted by molar-refractivity contribution is 14.1. The maximum atomic E-state index is 14.4. The highest BCUT2D eigenvalue weighted by Gasteiger charge is 2.14. The fraction of sp³-hybridized carbons (Fsp3) is 0.208.